The van der Waals surface area contributed by atoms with Crippen LogP contribution in [-0.2, 0) is 4.79 Å². The summed E-state index contributed by atoms with van der Waals surface area (Å²) in [6.45, 7) is 4.00. The smallest absolute Gasteiger partial charge is 0.253 e. The highest BCUT2D eigenvalue weighted by Crippen LogP contribution is 2.24. The molecule has 0 radical (unpaired) electrons. The van der Waals surface area contributed by atoms with Gasteiger partial charge in [0.05, 0.1) is 11.3 Å². The van der Waals surface area contributed by atoms with Crippen molar-refractivity contribution in [3.05, 3.63) is 28.0 Å². The largest absolute Gasteiger partial charge is 0.384 e. The fraction of sp³-hybridized carbons (Fsp3) is 0.385. The maximum absolute atomic E-state index is 13.7. The first-order valence-electron chi connectivity index (χ1n) is 6.13. The Balaban J connectivity index is 2.73. The third-order valence-corrected chi connectivity index (χ3v) is 2.88. The maximum atomic E-state index is 13.7. The zero-order chi connectivity index (χ0) is 15.3. The third kappa shape index (κ3) is 4.80. The molecule has 4 N–H and O–H groups in total. The Bertz CT molecular complexity index is 521. The molecule has 0 fully saturated rings. The van der Waals surface area contributed by atoms with Crippen LogP contribution in [0.4, 0.5) is 10.1 Å². The third-order valence-electron chi connectivity index (χ3n) is 2.42. The zero-order valence-corrected chi connectivity index (χ0v) is 12.9. The number of amides is 2. The molecule has 1 aromatic carbocycles. The lowest BCUT2D eigenvalue weighted by atomic mass is 10.1. The van der Waals surface area contributed by atoms with Gasteiger partial charge in [-0.2, -0.15) is 0 Å². The Morgan fingerprint density at radius 1 is 1.40 bits per heavy atom. The van der Waals surface area contributed by atoms with Crippen molar-refractivity contribution in [2.45, 2.75) is 26.3 Å². The van der Waals surface area contributed by atoms with Gasteiger partial charge in [0.25, 0.3) is 5.91 Å². The molecule has 0 spiro atoms. The van der Waals surface area contributed by atoms with E-state index in [0.29, 0.717) is 4.47 Å². The number of halogens is 2. The lowest BCUT2D eigenvalue weighted by Crippen LogP contribution is -2.31. The lowest BCUT2D eigenvalue weighted by Gasteiger charge is -2.12. The molecule has 0 aliphatic heterocycles. The fourth-order valence-corrected chi connectivity index (χ4v) is 2.10. The van der Waals surface area contributed by atoms with Crippen LogP contribution >= 0.6 is 15.9 Å². The number of hydrogen-bond acceptors (Lipinski definition) is 3. The van der Waals surface area contributed by atoms with Gasteiger partial charge < -0.3 is 16.4 Å². The first-order valence-corrected chi connectivity index (χ1v) is 6.92. The minimum absolute atomic E-state index is 0.0620. The van der Waals surface area contributed by atoms with Crippen molar-refractivity contribution in [2.24, 2.45) is 5.73 Å². The first kappa shape index (κ1) is 16.4. The molecule has 1 rings (SSSR count). The molecule has 2 amide bonds. The highest BCUT2D eigenvalue weighted by atomic mass is 79.9. The van der Waals surface area contributed by atoms with Gasteiger partial charge in [0.15, 0.2) is 0 Å². The first-order chi connectivity index (χ1) is 9.31. The van der Waals surface area contributed by atoms with E-state index < -0.39 is 11.7 Å². The second-order valence-electron chi connectivity index (χ2n) is 4.57. The summed E-state index contributed by atoms with van der Waals surface area (Å²) in [4.78, 5) is 22.7. The number of anilines is 1. The van der Waals surface area contributed by atoms with Gasteiger partial charge in [-0.05, 0) is 26.0 Å². The standard InChI is InChI=1S/C13H17BrFN3O2/c1-7(2)18-11(19)3-4-17-10-6-8(14)5-9(15)12(10)13(16)20/h5-7,17H,3-4H2,1-2H3,(H2,16,20)(H,18,19). The van der Waals surface area contributed by atoms with Crippen LogP contribution in [0.3, 0.4) is 0 Å². The molecule has 0 unspecified atom stereocenters. The van der Waals surface area contributed by atoms with Crippen molar-refractivity contribution in [3.8, 4) is 0 Å². The monoisotopic (exact) mass is 345 g/mol. The van der Waals surface area contributed by atoms with E-state index in [1.54, 1.807) is 6.07 Å². The second-order valence-corrected chi connectivity index (χ2v) is 5.49. The van der Waals surface area contributed by atoms with E-state index >= 15 is 0 Å². The molecule has 0 saturated heterocycles. The molecule has 0 atom stereocenters. The number of carbonyl (C=O) groups excluding carboxylic acids is 2. The fourth-order valence-electron chi connectivity index (χ4n) is 1.67. The van der Waals surface area contributed by atoms with E-state index in [9.17, 15) is 14.0 Å². The number of rotatable bonds is 6. The molecule has 0 aromatic heterocycles. The van der Waals surface area contributed by atoms with Crippen LogP contribution in [0.1, 0.15) is 30.6 Å². The molecule has 1 aromatic rings. The van der Waals surface area contributed by atoms with Crippen LogP contribution in [-0.4, -0.2) is 24.4 Å². The SMILES string of the molecule is CC(C)NC(=O)CCNc1cc(Br)cc(F)c1C(N)=O. The predicted molar refractivity (Wildman–Crippen MR) is 79.0 cm³/mol. The molecular formula is C13H17BrFN3O2. The van der Waals surface area contributed by atoms with Crippen LogP contribution in [0.2, 0.25) is 0 Å². The molecule has 110 valence electrons. The topological polar surface area (TPSA) is 84.2 Å². The van der Waals surface area contributed by atoms with Crippen molar-refractivity contribution in [1.29, 1.82) is 0 Å². The van der Waals surface area contributed by atoms with Crippen molar-refractivity contribution in [1.82, 2.24) is 5.32 Å². The Kier molecular flexibility index (Phi) is 5.94. The van der Waals surface area contributed by atoms with Gasteiger partial charge in [0.2, 0.25) is 5.91 Å². The quantitative estimate of drug-likeness (QED) is 0.737. The van der Waals surface area contributed by atoms with Gasteiger partial charge in [-0.25, -0.2) is 4.39 Å². The molecule has 0 aliphatic rings. The van der Waals surface area contributed by atoms with Crippen molar-refractivity contribution in [2.75, 3.05) is 11.9 Å². The van der Waals surface area contributed by atoms with Crippen LogP contribution < -0.4 is 16.4 Å². The van der Waals surface area contributed by atoms with E-state index in [-0.39, 0.29) is 36.2 Å². The van der Waals surface area contributed by atoms with Gasteiger partial charge >= 0.3 is 0 Å². The molecule has 20 heavy (non-hydrogen) atoms. The van der Waals surface area contributed by atoms with Gasteiger partial charge in [-0.1, -0.05) is 15.9 Å². The maximum Gasteiger partial charge on any atom is 0.253 e. The average molecular weight is 346 g/mol. The molecule has 0 heterocycles. The summed E-state index contributed by atoms with van der Waals surface area (Å²) in [6.07, 6.45) is 0.213. The summed E-state index contributed by atoms with van der Waals surface area (Å²) in [5.74, 6) is -1.69. The summed E-state index contributed by atoms with van der Waals surface area (Å²) in [6, 6.07) is 2.77. The van der Waals surface area contributed by atoms with Crippen molar-refractivity contribution < 1.29 is 14.0 Å². The molecule has 0 aliphatic carbocycles. The minimum atomic E-state index is -0.857. The Morgan fingerprint density at radius 3 is 2.60 bits per heavy atom. The van der Waals surface area contributed by atoms with Gasteiger partial charge in [-0.15, -0.1) is 0 Å². The van der Waals surface area contributed by atoms with Crippen LogP contribution in [0.25, 0.3) is 0 Å². The molecule has 7 heteroatoms. The average Bonchev–Trinajstić information content (AvgIpc) is 2.25. The van der Waals surface area contributed by atoms with Gasteiger partial charge in [-0.3, -0.25) is 9.59 Å². The molecule has 0 bridgehead atoms. The molecule has 0 saturated carbocycles. The van der Waals surface area contributed by atoms with E-state index in [4.69, 9.17) is 5.73 Å². The second kappa shape index (κ2) is 7.23. The number of nitrogens with one attached hydrogen (secondary N) is 2. The van der Waals surface area contributed by atoms with E-state index in [1.807, 2.05) is 13.8 Å². The number of primary amides is 1. The lowest BCUT2D eigenvalue weighted by molar-refractivity contribution is -0.121. The summed E-state index contributed by atoms with van der Waals surface area (Å²) in [5.41, 5.74) is 5.20. The Morgan fingerprint density at radius 2 is 2.05 bits per heavy atom. The zero-order valence-electron chi connectivity index (χ0n) is 11.3. The minimum Gasteiger partial charge on any atom is -0.384 e. The van der Waals surface area contributed by atoms with Gasteiger partial charge in [0, 0.05) is 23.5 Å². The Labute approximate surface area is 125 Å². The highest BCUT2D eigenvalue weighted by Gasteiger charge is 2.15. The summed E-state index contributed by atoms with van der Waals surface area (Å²) >= 11 is 3.14. The summed E-state index contributed by atoms with van der Waals surface area (Å²) in [5, 5.41) is 5.58. The summed E-state index contributed by atoms with van der Waals surface area (Å²) in [7, 11) is 0. The molecular weight excluding hydrogens is 329 g/mol. The van der Waals surface area contributed by atoms with E-state index in [1.165, 1.54) is 0 Å². The van der Waals surface area contributed by atoms with E-state index in [0.717, 1.165) is 6.07 Å². The van der Waals surface area contributed by atoms with Crippen LogP contribution in [0.5, 0.6) is 0 Å². The van der Waals surface area contributed by atoms with Crippen molar-refractivity contribution >= 4 is 33.4 Å². The number of benzene rings is 1. The number of hydrogen-bond donors (Lipinski definition) is 3. The predicted octanol–water partition coefficient (Wildman–Crippen LogP) is 2.01. The molecule has 5 nitrogen and oxygen atoms in total. The number of carbonyl (C=O) groups is 2. The van der Waals surface area contributed by atoms with Gasteiger partial charge in [0.1, 0.15) is 5.82 Å². The summed E-state index contributed by atoms with van der Waals surface area (Å²) < 4.78 is 14.2. The highest BCUT2D eigenvalue weighted by molar-refractivity contribution is 9.10. The van der Waals surface area contributed by atoms with Crippen molar-refractivity contribution in [3.63, 3.8) is 0 Å². The normalized spacial score (nSPS) is 10.4. The van der Waals surface area contributed by atoms with Crippen LogP contribution in [0.15, 0.2) is 16.6 Å². The Hall–Kier alpha value is -1.63. The van der Waals surface area contributed by atoms with E-state index in [2.05, 4.69) is 26.6 Å². The number of nitrogens with two attached hydrogens (primary N) is 1. The van der Waals surface area contributed by atoms with Crippen LogP contribution in [0, 0.1) is 5.82 Å².